The lowest BCUT2D eigenvalue weighted by molar-refractivity contribution is -0.124. The van der Waals surface area contributed by atoms with Crippen LogP contribution in [0.1, 0.15) is 42.5 Å². The minimum absolute atomic E-state index is 0.0902. The maximum atomic E-state index is 13.1. The molecule has 4 rings (SSSR count). The molecule has 1 amide bonds. The van der Waals surface area contributed by atoms with Crippen LogP contribution in [0.15, 0.2) is 18.2 Å². The summed E-state index contributed by atoms with van der Waals surface area (Å²) >= 11 is 6.22. The number of ether oxygens (including phenoxy) is 1. The fourth-order valence-electron chi connectivity index (χ4n) is 4.61. The number of hydrogen-bond acceptors (Lipinski definition) is 5. The average molecular weight is 420 g/mol. The summed E-state index contributed by atoms with van der Waals surface area (Å²) in [4.78, 5) is 30.6. The summed E-state index contributed by atoms with van der Waals surface area (Å²) in [6.07, 6.45) is 5.56. The number of rotatable bonds is 5. The summed E-state index contributed by atoms with van der Waals surface area (Å²) in [7, 11) is 0. The van der Waals surface area contributed by atoms with Gasteiger partial charge in [0.1, 0.15) is 5.92 Å². The van der Waals surface area contributed by atoms with Crippen LogP contribution >= 0.6 is 11.6 Å². The van der Waals surface area contributed by atoms with E-state index in [1.807, 2.05) is 6.07 Å². The zero-order valence-electron chi connectivity index (χ0n) is 16.9. The number of carbonyl (C=O) groups excluding carboxylic acids is 2. The molecule has 2 heterocycles. The highest BCUT2D eigenvalue weighted by Gasteiger charge is 2.37. The predicted molar refractivity (Wildman–Crippen MR) is 114 cm³/mol. The van der Waals surface area contributed by atoms with Crippen molar-refractivity contribution in [3.05, 3.63) is 28.8 Å². The first-order chi connectivity index (χ1) is 14.1. The Morgan fingerprint density at radius 1 is 1.14 bits per heavy atom. The van der Waals surface area contributed by atoms with Gasteiger partial charge >= 0.3 is 0 Å². The Morgan fingerprint density at radius 2 is 1.90 bits per heavy atom. The molecule has 2 fully saturated rings. The quantitative estimate of drug-likeness (QED) is 0.743. The Balaban J connectivity index is 1.49. The van der Waals surface area contributed by atoms with Gasteiger partial charge in [-0.05, 0) is 31.0 Å². The van der Waals surface area contributed by atoms with Crippen LogP contribution in [0.25, 0.3) is 0 Å². The normalized spacial score (nSPS) is 23.7. The minimum atomic E-state index is -0.657. The van der Waals surface area contributed by atoms with Gasteiger partial charge in [0.2, 0.25) is 5.91 Å². The topological polar surface area (TPSA) is 61.9 Å². The van der Waals surface area contributed by atoms with Crippen LogP contribution in [0.3, 0.4) is 0 Å². The molecule has 1 saturated heterocycles. The number of benzene rings is 1. The molecule has 1 saturated carbocycles. The number of nitrogens with zero attached hydrogens (tertiary/aromatic N) is 2. The Morgan fingerprint density at radius 3 is 2.66 bits per heavy atom. The Kier molecular flexibility index (Phi) is 6.73. The molecule has 1 atom stereocenters. The molecule has 1 aliphatic carbocycles. The number of morpholine rings is 1. The number of ketones is 1. The first-order valence-electron chi connectivity index (χ1n) is 10.8. The average Bonchev–Trinajstić information content (AvgIpc) is 2.74. The maximum absolute atomic E-state index is 13.1. The van der Waals surface area contributed by atoms with Gasteiger partial charge in [-0.2, -0.15) is 0 Å². The number of hydrogen-bond donors (Lipinski definition) is 1. The van der Waals surface area contributed by atoms with E-state index in [1.165, 1.54) is 6.42 Å². The van der Waals surface area contributed by atoms with Crippen LogP contribution in [-0.2, 0) is 9.53 Å². The number of amides is 1. The predicted octanol–water partition coefficient (Wildman–Crippen LogP) is 2.74. The van der Waals surface area contributed by atoms with Gasteiger partial charge in [-0.3, -0.25) is 14.5 Å². The van der Waals surface area contributed by atoms with E-state index in [2.05, 4.69) is 15.1 Å². The molecule has 1 aromatic rings. The molecule has 1 N–H and O–H groups in total. The number of halogens is 1. The number of Topliss-reactive ketones (excluding diaryl/α,β-unsaturated/α-hetero) is 1. The van der Waals surface area contributed by atoms with Crippen molar-refractivity contribution in [3.8, 4) is 0 Å². The van der Waals surface area contributed by atoms with Crippen LogP contribution in [0, 0.1) is 5.92 Å². The van der Waals surface area contributed by atoms with Crippen molar-refractivity contribution in [1.29, 1.82) is 0 Å². The van der Waals surface area contributed by atoms with E-state index in [-0.39, 0.29) is 17.7 Å². The molecular formula is C22H30ClN3O3. The fourth-order valence-corrected chi connectivity index (χ4v) is 4.78. The van der Waals surface area contributed by atoms with Gasteiger partial charge in [-0.15, -0.1) is 0 Å². The zero-order chi connectivity index (χ0) is 20.2. The van der Waals surface area contributed by atoms with Crippen LogP contribution in [0.4, 0.5) is 5.69 Å². The molecule has 7 heteroatoms. The third kappa shape index (κ3) is 4.93. The second-order valence-electron chi connectivity index (χ2n) is 8.32. The number of nitrogens with one attached hydrogen (secondary N) is 1. The molecule has 29 heavy (non-hydrogen) atoms. The van der Waals surface area contributed by atoms with Crippen molar-refractivity contribution in [2.24, 2.45) is 5.92 Å². The summed E-state index contributed by atoms with van der Waals surface area (Å²) in [6.45, 7) is 5.39. The Bertz CT molecular complexity index is 745. The summed E-state index contributed by atoms with van der Waals surface area (Å²) in [5.74, 6) is -0.873. The molecular weight excluding hydrogens is 390 g/mol. The first-order valence-corrected chi connectivity index (χ1v) is 11.2. The maximum Gasteiger partial charge on any atom is 0.232 e. The van der Waals surface area contributed by atoms with E-state index >= 15 is 0 Å². The lowest BCUT2D eigenvalue weighted by Gasteiger charge is -2.37. The second kappa shape index (κ2) is 9.45. The molecule has 0 bridgehead atoms. The zero-order valence-corrected chi connectivity index (χ0v) is 17.6. The van der Waals surface area contributed by atoms with E-state index in [1.54, 1.807) is 12.1 Å². The van der Waals surface area contributed by atoms with Gasteiger partial charge in [0.25, 0.3) is 0 Å². The van der Waals surface area contributed by atoms with Crippen molar-refractivity contribution in [3.63, 3.8) is 0 Å². The SMILES string of the molecule is O=C(NC1CCCCC1)C1CN(CCN2CCOCC2)c2cc(Cl)ccc2C1=O. The molecule has 6 nitrogen and oxygen atoms in total. The second-order valence-corrected chi connectivity index (χ2v) is 8.76. The van der Waals surface area contributed by atoms with Gasteiger partial charge in [-0.25, -0.2) is 0 Å². The van der Waals surface area contributed by atoms with Crippen LogP contribution in [-0.4, -0.2) is 68.6 Å². The molecule has 0 spiro atoms. The highest BCUT2D eigenvalue weighted by molar-refractivity contribution is 6.31. The smallest absolute Gasteiger partial charge is 0.232 e. The van der Waals surface area contributed by atoms with Crippen LogP contribution in [0.5, 0.6) is 0 Å². The third-order valence-electron chi connectivity index (χ3n) is 6.34. The summed E-state index contributed by atoms with van der Waals surface area (Å²) in [5, 5.41) is 3.76. The largest absolute Gasteiger partial charge is 0.379 e. The number of anilines is 1. The first kappa shape index (κ1) is 20.6. The standard InChI is InChI=1S/C22H30ClN3O3/c23-16-6-7-18-20(14-16)26(9-8-25-10-12-29-13-11-25)15-19(21(18)27)22(28)24-17-4-2-1-3-5-17/h6-7,14,17,19H,1-5,8-13,15H2,(H,24,28). The van der Waals surface area contributed by atoms with Gasteiger partial charge in [0.15, 0.2) is 5.78 Å². The van der Waals surface area contributed by atoms with E-state index < -0.39 is 5.92 Å². The Hall–Kier alpha value is -1.63. The van der Waals surface area contributed by atoms with Gasteiger partial charge in [0, 0.05) is 55.0 Å². The van der Waals surface area contributed by atoms with Crippen molar-refractivity contribution in [1.82, 2.24) is 10.2 Å². The molecule has 158 valence electrons. The lowest BCUT2D eigenvalue weighted by Crippen LogP contribution is -2.51. The van der Waals surface area contributed by atoms with E-state index in [4.69, 9.17) is 16.3 Å². The minimum Gasteiger partial charge on any atom is -0.379 e. The third-order valence-corrected chi connectivity index (χ3v) is 6.58. The van der Waals surface area contributed by atoms with Gasteiger partial charge in [0.05, 0.1) is 13.2 Å². The molecule has 0 aromatic heterocycles. The van der Waals surface area contributed by atoms with Crippen LogP contribution < -0.4 is 10.2 Å². The summed E-state index contributed by atoms with van der Waals surface area (Å²) in [6, 6.07) is 5.56. The van der Waals surface area contributed by atoms with Crippen molar-refractivity contribution < 1.29 is 14.3 Å². The highest BCUT2D eigenvalue weighted by Crippen LogP contribution is 2.32. The van der Waals surface area contributed by atoms with E-state index in [0.29, 0.717) is 17.1 Å². The number of fused-ring (bicyclic) bond motifs is 1. The Labute approximate surface area is 177 Å². The highest BCUT2D eigenvalue weighted by atomic mass is 35.5. The lowest BCUT2D eigenvalue weighted by atomic mass is 9.89. The number of carbonyl (C=O) groups is 2. The van der Waals surface area contributed by atoms with Crippen molar-refractivity contribution in [2.45, 2.75) is 38.1 Å². The monoisotopic (exact) mass is 419 g/mol. The van der Waals surface area contributed by atoms with Gasteiger partial charge in [-0.1, -0.05) is 30.9 Å². The molecule has 3 aliphatic rings. The van der Waals surface area contributed by atoms with E-state index in [9.17, 15) is 9.59 Å². The molecule has 0 radical (unpaired) electrons. The molecule has 1 aromatic carbocycles. The van der Waals surface area contributed by atoms with Crippen molar-refractivity contribution >= 4 is 29.0 Å². The van der Waals surface area contributed by atoms with Crippen molar-refractivity contribution in [2.75, 3.05) is 50.8 Å². The van der Waals surface area contributed by atoms with Crippen LogP contribution in [0.2, 0.25) is 5.02 Å². The van der Waals surface area contributed by atoms with E-state index in [0.717, 1.165) is 70.8 Å². The molecule has 1 unspecified atom stereocenters. The van der Waals surface area contributed by atoms with Gasteiger partial charge < -0.3 is 15.0 Å². The summed E-state index contributed by atoms with van der Waals surface area (Å²) < 4.78 is 5.43. The molecule has 2 aliphatic heterocycles. The summed E-state index contributed by atoms with van der Waals surface area (Å²) in [5.41, 5.74) is 1.45. The fraction of sp³-hybridized carbons (Fsp3) is 0.636.